The van der Waals surface area contributed by atoms with E-state index in [1.165, 1.54) is 25.1 Å². The van der Waals surface area contributed by atoms with Crippen LogP contribution in [0.5, 0.6) is 17.2 Å². The fourth-order valence-corrected chi connectivity index (χ4v) is 9.26. The predicted molar refractivity (Wildman–Crippen MR) is 236 cm³/mol. The largest absolute Gasteiger partial charge is 0.495 e. The number of piperazine rings is 1. The highest BCUT2D eigenvalue weighted by atomic mass is 35.5. The van der Waals surface area contributed by atoms with E-state index in [9.17, 15) is 24.4 Å². The lowest BCUT2D eigenvalue weighted by atomic mass is 10.0. The third-order valence-corrected chi connectivity index (χ3v) is 12.8. The number of ether oxygens (including phenoxy) is 4. The van der Waals surface area contributed by atoms with E-state index >= 15 is 0 Å². The van der Waals surface area contributed by atoms with Crippen molar-refractivity contribution in [1.82, 2.24) is 25.0 Å². The highest BCUT2D eigenvalue weighted by molar-refractivity contribution is 7.99. The maximum absolute atomic E-state index is 13.3. The molecule has 326 valence electrons. The molecule has 3 aliphatic rings. The molecule has 0 aliphatic carbocycles. The fraction of sp³-hybridized carbons (Fsp3) is 0.409. The van der Waals surface area contributed by atoms with E-state index in [1.807, 2.05) is 12.1 Å². The van der Waals surface area contributed by atoms with Crippen LogP contribution >= 0.6 is 35.0 Å². The van der Waals surface area contributed by atoms with Crippen molar-refractivity contribution in [3.05, 3.63) is 75.4 Å². The van der Waals surface area contributed by atoms with Crippen LogP contribution < -0.4 is 24.8 Å². The monoisotopic (exact) mass is 903 g/mol. The van der Waals surface area contributed by atoms with Gasteiger partial charge in [0.05, 0.1) is 64.5 Å². The average molecular weight is 905 g/mol. The molecule has 3 aromatic carbocycles. The summed E-state index contributed by atoms with van der Waals surface area (Å²) in [6.45, 7) is 7.54. The van der Waals surface area contributed by atoms with Gasteiger partial charge in [-0.2, -0.15) is 5.26 Å². The molecule has 0 spiro atoms. The normalized spacial score (nSPS) is 17.0. The van der Waals surface area contributed by atoms with E-state index in [4.69, 9.17) is 42.1 Å². The van der Waals surface area contributed by atoms with Crippen LogP contribution in [0.3, 0.4) is 0 Å². The first-order chi connectivity index (χ1) is 30.1. The zero-order chi connectivity index (χ0) is 43.8. The highest BCUT2D eigenvalue weighted by Crippen LogP contribution is 2.41. The first-order valence-electron chi connectivity index (χ1n) is 20.4. The minimum absolute atomic E-state index is 0.0843. The Balaban J connectivity index is 0.790. The number of nitriles is 1. The summed E-state index contributed by atoms with van der Waals surface area (Å²) in [6, 6.07) is 13.3. The molecule has 0 saturated carbocycles. The van der Waals surface area contributed by atoms with Gasteiger partial charge in [-0.15, -0.1) is 11.8 Å². The number of nitrogens with one attached hydrogen (secondary N) is 2. The summed E-state index contributed by atoms with van der Waals surface area (Å²) in [7, 11) is 3.09. The molecule has 15 nitrogen and oxygen atoms in total. The lowest BCUT2D eigenvalue weighted by Crippen LogP contribution is -2.54. The first-order valence-corrected chi connectivity index (χ1v) is 22.2. The van der Waals surface area contributed by atoms with Gasteiger partial charge < -0.3 is 34.1 Å². The van der Waals surface area contributed by atoms with Crippen molar-refractivity contribution in [3.63, 3.8) is 0 Å². The molecule has 4 heterocycles. The first kappa shape index (κ1) is 44.9. The van der Waals surface area contributed by atoms with Crippen LogP contribution in [0.1, 0.15) is 58.4 Å². The van der Waals surface area contributed by atoms with Gasteiger partial charge in [0.25, 0.3) is 11.8 Å². The summed E-state index contributed by atoms with van der Waals surface area (Å²) in [5, 5.41) is 16.8. The van der Waals surface area contributed by atoms with E-state index in [0.29, 0.717) is 96.7 Å². The zero-order valence-electron chi connectivity index (χ0n) is 34.5. The van der Waals surface area contributed by atoms with E-state index in [1.54, 1.807) is 37.4 Å². The molecule has 1 aromatic heterocycles. The molecule has 62 heavy (non-hydrogen) atoms. The van der Waals surface area contributed by atoms with Crippen molar-refractivity contribution >= 4 is 80.9 Å². The van der Waals surface area contributed by atoms with Gasteiger partial charge in [-0.1, -0.05) is 29.3 Å². The number of thioether (sulfide) groups is 1. The Labute approximate surface area is 373 Å². The molecule has 2 fully saturated rings. The number of benzene rings is 3. The molecular formula is C44H47Cl2N7O8S. The van der Waals surface area contributed by atoms with Crippen molar-refractivity contribution in [1.29, 1.82) is 5.26 Å². The number of methoxy groups -OCH3 is 2. The van der Waals surface area contributed by atoms with Crippen LogP contribution in [0.25, 0.3) is 10.9 Å². The predicted octanol–water partition coefficient (Wildman–Crippen LogP) is 6.55. The van der Waals surface area contributed by atoms with Crippen molar-refractivity contribution in [2.24, 2.45) is 0 Å². The smallest absolute Gasteiger partial charge is 0.263 e. The number of carbonyl (C=O) groups excluding carboxylic acids is 4. The molecule has 2 N–H and O–H groups in total. The summed E-state index contributed by atoms with van der Waals surface area (Å²) in [5.41, 5.74) is 2.59. The maximum Gasteiger partial charge on any atom is 0.263 e. The molecule has 18 heteroatoms. The number of halogens is 2. The molecule has 3 aliphatic heterocycles. The quantitative estimate of drug-likeness (QED) is 0.0589. The number of aromatic nitrogens is 1. The van der Waals surface area contributed by atoms with Crippen molar-refractivity contribution in [2.75, 3.05) is 84.4 Å². The number of fused-ring (bicyclic) bond motifs is 2. The van der Waals surface area contributed by atoms with Gasteiger partial charge in [0, 0.05) is 93.3 Å². The number of carbonyl (C=O) groups is 4. The summed E-state index contributed by atoms with van der Waals surface area (Å²) in [4.78, 5) is 61.6. The van der Waals surface area contributed by atoms with Crippen LogP contribution in [-0.2, 0) is 14.3 Å². The molecule has 1 atom stereocenters. The van der Waals surface area contributed by atoms with Crippen LogP contribution in [0.2, 0.25) is 10.0 Å². The van der Waals surface area contributed by atoms with Gasteiger partial charge in [-0.3, -0.25) is 34.4 Å². The van der Waals surface area contributed by atoms with Crippen LogP contribution in [0.15, 0.2) is 53.6 Å². The second kappa shape index (κ2) is 20.8. The summed E-state index contributed by atoms with van der Waals surface area (Å²) < 4.78 is 23.2. The number of nitrogens with zero attached hydrogens (tertiary/aromatic N) is 5. The maximum atomic E-state index is 13.3. The van der Waals surface area contributed by atoms with E-state index in [-0.39, 0.29) is 12.8 Å². The third-order valence-electron chi connectivity index (χ3n) is 11.0. The number of hydrogen-bond donors (Lipinski definition) is 2. The number of piperidine rings is 1. The minimum Gasteiger partial charge on any atom is -0.495 e. The number of anilines is 2. The summed E-state index contributed by atoms with van der Waals surface area (Å²) >= 11 is 14.2. The number of hydrogen-bond acceptors (Lipinski definition) is 14. The summed E-state index contributed by atoms with van der Waals surface area (Å²) in [6.07, 6.45) is 4.26. The lowest BCUT2D eigenvalue weighted by Gasteiger charge is -2.34. The van der Waals surface area contributed by atoms with Crippen LogP contribution in [0.4, 0.5) is 11.4 Å². The SMILES string of the molecule is COc1cc(Nc2c(C#N)cnc3cc(OCCCN4CCN(CCCOCCCSc5cccc6c5C(=O)N(C5CCC(=O)NC5=O)C6=O)CC4)c(OC)cc23)c(Cl)cc1Cl. The molecule has 4 amide bonds. The topological polar surface area (TPSA) is 176 Å². The minimum atomic E-state index is -0.981. The van der Waals surface area contributed by atoms with Gasteiger partial charge in [-0.05, 0) is 49.9 Å². The van der Waals surface area contributed by atoms with Crippen molar-refractivity contribution in [3.8, 4) is 23.3 Å². The standard InChI is InChI=1S/C44H47Cl2N7O8S/c1-58-35-24-33(30(45)22-31(35)46)49-41-27(25-47)26-48-32-23-37(36(59-2)21-29(32)41)61-19-5-12-52-15-13-51(14-16-52)11-4-17-60-18-6-20-62-38-8-3-7-28-40(38)44(57)53(43(28)56)34-9-10-39(54)50-42(34)55/h3,7-8,21-24,26,34H,4-6,9-20H2,1-2H3,(H,48,49)(H,50,54,55). The Hall–Kier alpha value is -5.15. The molecule has 0 radical (unpaired) electrons. The van der Waals surface area contributed by atoms with Gasteiger partial charge in [0.15, 0.2) is 11.5 Å². The molecule has 2 saturated heterocycles. The second-order valence-electron chi connectivity index (χ2n) is 14.9. The fourth-order valence-electron chi connectivity index (χ4n) is 7.75. The molecule has 4 aromatic rings. The Kier molecular flexibility index (Phi) is 15.1. The van der Waals surface area contributed by atoms with Gasteiger partial charge in [0.2, 0.25) is 11.8 Å². The van der Waals surface area contributed by atoms with Crippen molar-refractivity contribution < 1.29 is 38.1 Å². The van der Waals surface area contributed by atoms with E-state index in [2.05, 4.69) is 31.5 Å². The Bertz CT molecular complexity index is 2390. The molecule has 0 bridgehead atoms. The Morgan fingerprint density at radius 3 is 2.32 bits per heavy atom. The highest BCUT2D eigenvalue weighted by Gasteiger charge is 2.45. The third kappa shape index (κ3) is 10.2. The zero-order valence-corrected chi connectivity index (χ0v) is 36.8. The molecular weight excluding hydrogens is 857 g/mol. The summed E-state index contributed by atoms with van der Waals surface area (Å²) in [5.74, 6) is 0.221. The Morgan fingerprint density at radius 2 is 1.61 bits per heavy atom. The Morgan fingerprint density at radius 1 is 0.887 bits per heavy atom. The second-order valence-corrected chi connectivity index (χ2v) is 16.9. The number of rotatable bonds is 19. The number of imide groups is 2. The van der Waals surface area contributed by atoms with Crippen molar-refractivity contribution in [2.45, 2.75) is 43.0 Å². The van der Waals surface area contributed by atoms with Crippen LogP contribution in [-0.4, -0.2) is 128 Å². The van der Waals surface area contributed by atoms with E-state index < -0.39 is 29.7 Å². The number of pyridine rings is 1. The van der Waals surface area contributed by atoms with Gasteiger partial charge in [0.1, 0.15) is 17.9 Å². The van der Waals surface area contributed by atoms with E-state index in [0.717, 1.165) is 63.4 Å². The lowest BCUT2D eigenvalue weighted by molar-refractivity contribution is -0.136. The molecule has 7 rings (SSSR count). The van der Waals surface area contributed by atoms with Crippen LogP contribution in [0, 0.1) is 11.3 Å². The number of amides is 4. The van der Waals surface area contributed by atoms with Gasteiger partial charge in [-0.25, -0.2) is 0 Å². The molecule has 1 unspecified atom stereocenters. The van der Waals surface area contributed by atoms with Gasteiger partial charge >= 0.3 is 0 Å². The average Bonchev–Trinajstić information content (AvgIpc) is 3.53.